The molecule has 0 spiro atoms. The molecule has 100 valence electrons. The van der Waals surface area contributed by atoms with Gasteiger partial charge in [0, 0.05) is 5.02 Å². The van der Waals surface area contributed by atoms with Crippen molar-refractivity contribution in [3.05, 3.63) is 29.0 Å². The van der Waals surface area contributed by atoms with Crippen LogP contribution in [0.3, 0.4) is 0 Å². The van der Waals surface area contributed by atoms with Crippen molar-refractivity contribution in [1.82, 2.24) is 0 Å². The molecule has 2 rings (SSSR count). The van der Waals surface area contributed by atoms with Crippen molar-refractivity contribution in [2.75, 3.05) is 13.7 Å². The molecule has 1 heterocycles. The standard InChI is InChI=1S/C13H11ClO5/c1-7(15)6-18-11-9-5-8(14)3-4-10(9)19-12(11)13(16)17-2/h3-5H,6H2,1-2H3. The number of carbonyl (C=O) groups is 2. The predicted octanol–water partition coefficient (Wildman–Crippen LogP) is 2.84. The van der Waals surface area contributed by atoms with Crippen LogP contribution in [0.2, 0.25) is 5.02 Å². The molecule has 0 N–H and O–H groups in total. The summed E-state index contributed by atoms with van der Waals surface area (Å²) in [6, 6.07) is 4.84. The lowest BCUT2D eigenvalue weighted by atomic mass is 10.2. The Balaban J connectivity index is 2.56. The zero-order chi connectivity index (χ0) is 14.0. The molecule has 0 fully saturated rings. The van der Waals surface area contributed by atoms with Crippen molar-refractivity contribution in [1.29, 1.82) is 0 Å². The van der Waals surface area contributed by atoms with E-state index in [1.807, 2.05) is 0 Å². The van der Waals surface area contributed by atoms with Crippen LogP contribution in [-0.4, -0.2) is 25.5 Å². The third kappa shape index (κ3) is 2.71. The highest BCUT2D eigenvalue weighted by Gasteiger charge is 2.23. The van der Waals surface area contributed by atoms with Crippen molar-refractivity contribution in [2.45, 2.75) is 6.92 Å². The molecule has 1 aromatic carbocycles. The predicted molar refractivity (Wildman–Crippen MR) is 68.7 cm³/mol. The zero-order valence-corrected chi connectivity index (χ0v) is 11.1. The number of rotatable bonds is 4. The lowest BCUT2D eigenvalue weighted by Gasteiger charge is -2.03. The minimum Gasteiger partial charge on any atom is -0.481 e. The lowest BCUT2D eigenvalue weighted by Crippen LogP contribution is -2.09. The number of benzene rings is 1. The van der Waals surface area contributed by atoms with Gasteiger partial charge < -0.3 is 13.9 Å². The van der Waals surface area contributed by atoms with Crippen molar-refractivity contribution in [3.63, 3.8) is 0 Å². The van der Waals surface area contributed by atoms with E-state index >= 15 is 0 Å². The number of ketones is 1. The molecule has 0 amide bonds. The fourth-order valence-electron chi connectivity index (χ4n) is 1.59. The summed E-state index contributed by atoms with van der Waals surface area (Å²) in [7, 11) is 1.23. The SMILES string of the molecule is COC(=O)c1oc2ccc(Cl)cc2c1OCC(C)=O. The van der Waals surface area contributed by atoms with Crippen molar-refractivity contribution in [2.24, 2.45) is 0 Å². The molecule has 19 heavy (non-hydrogen) atoms. The van der Waals surface area contributed by atoms with Gasteiger partial charge in [-0.15, -0.1) is 0 Å². The Kier molecular flexibility index (Phi) is 3.76. The molecule has 0 atom stereocenters. The number of ether oxygens (including phenoxy) is 2. The van der Waals surface area contributed by atoms with Crippen LogP contribution in [0, 0.1) is 0 Å². The number of hydrogen-bond acceptors (Lipinski definition) is 5. The van der Waals surface area contributed by atoms with Crippen LogP contribution in [0.25, 0.3) is 11.0 Å². The summed E-state index contributed by atoms with van der Waals surface area (Å²) in [5.74, 6) is -0.765. The molecular formula is C13H11ClO5. The minimum absolute atomic E-state index is 0.0824. The third-order valence-electron chi connectivity index (χ3n) is 2.40. The first-order chi connectivity index (χ1) is 9.02. The van der Waals surface area contributed by atoms with E-state index in [2.05, 4.69) is 4.74 Å². The highest BCUT2D eigenvalue weighted by molar-refractivity contribution is 6.31. The number of furan rings is 1. The van der Waals surface area contributed by atoms with Gasteiger partial charge in [0.15, 0.2) is 11.5 Å². The molecule has 0 saturated heterocycles. The van der Waals surface area contributed by atoms with E-state index in [4.69, 9.17) is 20.8 Å². The second kappa shape index (κ2) is 5.32. The van der Waals surface area contributed by atoms with Gasteiger partial charge in [-0.2, -0.15) is 0 Å². The first kappa shape index (κ1) is 13.4. The monoisotopic (exact) mass is 282 g/mol. The highest BCUT2D eigenvalue weighted by atomic mass is 35.5. The molecule has 2 aromatic rings. The Morgan fingerprint density at radius 3 is 2.74 bits per heavy atom. The normalized spacial score (nSPS) is 10.5. The van der Waals surface area contributed by atoms with Crippen LogP contribution in [0.4, 0.5) is 0 Å². The molecule has 0 radical (unpaired) electrons. The average Bonchev–Trinajstić information content (AvgIpc) is 2.73. The Labute approximate surface area is 114 Å². The van der Waals surface area contributed by atoms with Gasteiger partial charge in [0.1, 0.15) is 12.2 Å². The van der Waals surface area contributed by atoms with Crippen LogP contribution in [0.5, 0.6) is 5.75 Å². The summed E-state index contributed by atoms with van der Waals surface area (Å²) in [6.45, 7) is 1.22. The Morgan fingerprint density at radius 1 is 1.37 bits per heavy atom. The Bertz CT molecular complexity index is 644. The van der Waals surface area contributed by atoms with E-state index < -0.39 is 5.97 Å². The summed E-state index contributed by atoms with van der Waals surface area (Å²) in [5, 5.41) is 0.992. The maximum absolute atomic E-state index is 11.6. The molecule has 0 aliphatic carbocycles. The van der Waals surface area contributed by atoms with Crippen LogP contribution in [0.1, 0.15) is 17.5 Å². The first-order valence-corrected chi connectivity index (χ1v) is 5.83. The van der Waals surface area contributed by atoms with Crippen molar-refractivity contribution >= 4 is 34.3 Å². The van der Waals surface area contributed by atoms with Gasteiger partial charge in [-0.25, -0.2) is 4.79 Å². The van der Waals surface area contributed by atoms with E-state index in [9.17, 15) is 9.59 Å². The largest absolute Gasteiger partial charge is 0.481 e. The van der Waals surface area contributed by atoms with E-state index in [0.717, 1.165) is 0 Å². The molecule has 0 aliphatic heterocycles. The summed E-state index contributed by atoms with van der Waals surface area (Å²) in [4.78, 5) is 22.6. The second-order valence-corrected chi connectivity index (χ2v) is 4.32. The number of esters is 1. The van der Waals surface area contributed by atoms with Gasteiger partial charge in [-0.3, -0.25) is 4.79 Å². The number of Topliss-reactive ketones (excluding diaryl/α,β-unsaturated/α-hetero) is 1. The molecule has 6 heteroatoms. The van der Waals surface area contributed by atoms with Gasteiger partial charge in [0.05, 0.1) is 12.5 Å². The summed E-state index contributed by atoms with van der Waals surface area (Å²) in [5.41, 5.74) is 0.434. The van der Waals surface area contributed by atoms with Crippen molar-refractivity contribution < 1.29 is 23.5 Å². The van der Waals surface area contributed by atoms with Gasteiger partial charge >= 0.3 is 5.97 Å². The summed E-state index contributed by atoms with van der Waals surface area (Å²) in [6.07, 6.45) is 0. The average molecular weight is 283 g/mol. The molecule has 0 bridgehead atoms. The maximum atomic E-state index is 11.6. The quantitative estimate of drug-likeness (QED) is 0.807. The van der Waals surface area contributed by atoms with Gasteiger partial charge in [-0.1, -0.05) is 11.6 Å². The smallest absolute Gasteiger partial charge is 0.377 e. The fraction of sp³-hybridized carbons (Fsp3) is 0.231. The molecule has 1 aromatic heterocycles. The van der Waals surface area contributed by atoms with E-state index in [1.54, 1.807) is 18.2 Å². The van der Waals surface area contributed by atoms with Crippen LogP contribution >= 0.6 is 11.6 Å². The molecular weight excluding hydrogens is 272 g/mol. The van der Waals surface area contributed by atoms with Crippen LogP contribution < -0.4 is 4.74 Å². The van der Waals surface area contributed by atoms with Gasteiger partial charge in [-0.05, 0) is 25.1 Å². The van der Waals surface area contributed by atoms with Crippen LogP contribution in [-0.2, 0) is 9.53 Å². The number of carbonyl (C=O) groups excluding carboxylic acids is 2. The summed E-state index contributed by atoms with van der Waals surface area (Å²) >= 11 is 5.90. The Hall–Kier alpha value is -2.01. The highest BCUT2D eigenvalue weighted by Crippen LogP contribution is 2.35. The Morgan fingerprint density at radius 2 is 2.11 bits per heavy atom. The maximum Gasteiger partial charge on any atom is 0.377 e. The number of halogens is 1. The zero-order valence-electron chi connectivity index (χ0n) is 10.4. The van der Waals surface area contributed by atoms with Crippen molar-refractivity contribution in [3.8, 4) is 5.75 Å². The second-order valence-electron chi connectivity index (χ2n) is 3.88. The first-order valence-electron chi connectivity index (χ1n) is 5.45. The third-order valence-corrected chi connectivity index (χ3v) is 2.63. The fourth-order valence-corrected chi connectivity index (χ4v) is 1.76. The number of hydrogen-bond donors (Lipinski definition) is 0. The van der Waals surface area contributed by atoms with Gasteiger partial charge in [0.25, 0.3) is 5.76 Å². The van der Waals surface area contributed by atoms with Crippen LogP contribution in [0.15, 0.2) is 22.6 Å². The van der Waals surface area contributed by atoms with E-state index in [-0.39, 0.29) is 23.9 Å². The molecule has 0 aliphatic rings. The molecule has 0 unspecified atom stereocenters. The van der Waals surface area contributed by atoms with Gasteiger partial charge in [0.2, 0.25) is 0 Å². The molecule has 0 saturated carbocycles. The lowest BCUT2D eigenvalue weighted by molar-refractivity contribution is -0.118. The number of fused-ring (bicyclic) bond motifs is 1. The topological polar surface area (TPSA) is 65.7 Å². The summed E-state index contributed by atoms with van der Waals surface area (Å²) < 4.78 is 15.3. The van der Waals surface area contributed by atoms with E-state index in [1.165, 1.54) is 14.0 Å². The van der Waals surface area contributed by atoms with E-state index in [0.29, 0.717) is 16.0 Å². The minimum atomic E-state index is -0.675. The number of methoxy groups -OCH3 is 1. The molecule has 5 nitrogen and oxygen atoms in total.